The molecule has 2 fully saturated rings. The molecule has 12 heteroatoms. The highest BCUT2D eigenvalue weighted by Crippen LogP contribution is 2.33. The first-order chi connectivity index (χ1) is 19.8. The molecule has 226 valence electrons. The fraction of sp³-hybridized carbons (Fsp3) is 0.533. The molecule has 1 aromatic carbocycles. The molecule has 2 aromatic heterocycles. The number of carbonyl (C=O) groups is 2. The van der Waals surface area contributed by atoms with E-state index >= 15 is 0 Å². The van der Waals surface area contributed by atoms with Crippen LogP contribution in [-0.2, 0) is 4.74 Å². The predicted molar refractivity (Wildman–Crippen MR) is 154 cm³/mol. The second-order valence-electron chi connectivity index (χ2n) is 12.2. The molecule has 2 aliphatic rings. The molecule has 0 bridgehead atoms. The third-order valence-corrected chi connectivity index (χ3v) is 7.36. The van der Waals surface area contributed by atoms with Crippen molar-refractivity contribution < 1.29 is 27.5 Å². The maximum atomic E-state index is 13.4. The van der Waals surface area contributed by atoms with Gasteiger partial charge in [0.25, 0.3) is 5.91 Å². The number of amides is 2. The molecular weight excluding hydrogens is 549 g/mol. The Bertz CT molecular complexity index is 1470. The van der Waals surface area contributed by atoms with E-state index in [1.807, 2.05) is 13.0 Å². The average molecular weight is 587 g/mol. The van der Waals surface area contributed by atoms with Crippen LogP contribution in [0, 0.1) is 6.92 Å². The Kier molecular flexibility index (Phi) is 8.08. The Balaban J connectivity index is 1.58. The maximum Gasteiger partial charge on any atom is 0.414 e. The van der Waals surface area contributed by atoms with Gasteiger partial charge in [-0.2, -0.15) is 13.2 Å². The number of rotatable bonds is 8. The highest BCUT2D eigenvalue weighted by Gasteiger charge is 2.33. The fourth-order valence-electron chi connectivity index (χ4n) is 5.13. The minimum Gasteiger partial charge on any atom is -0.443 e. The minimum absolute atomic E-state index is 0.124. The third kappa shape index (κ3) is 7.14. The molecule has 0 radical (unpaired) electrons. The van der Waals surface area contributed by atoms with E-state index < -0.39 is 30.8 Å². The van der Waals surface area contributed by atoms with Gasteiger partial charge in [-0.25, -0.2) is 14.3 Å². The van der Waals surface area contributed by atoms with Crippen LogP contribution in [0.15, 0.2) is 30.5 Å². The first-order valence-corrected chi connectivity index (χ1v) is 14.4. The summed E-state index contributed by atoms with van der Waals surface area (Å²) in [6.45, 7) is 6.18. The number of hydrogen-bond acceptors (Lipinski definition) is 6. The van der Waals surface area contributed by atoms with E-state index in [9.17, 15) is 22.8 Å². The number of benzene rings is 1. The molecule has 0 saturated heterocycles. The number of nitrogens with one attached hydrogen (secondary N) is 2. The van der Waals surface area contributed by atoms with Crippen molar-refractivity contribution in [3.05, 3.63) is 41.6 Å². The summed E-state index contributed by atoms with van der Waals surface area (Å²) in [5, 5.41) is 11.2. The van der Waals surface area contributed by atoms with Crippen LogP contribution in [0.1, 0.15) is 81.6 Å². The van der Waals surface area contributed by atoms with Crippen molar-refractivity contribution in [3.63, 3.8) is 0 Å². The molecule has 0 unspecified atom stereocenters. The van der Waals surface area contributed by atoms with Crippen LogP contribution < -0.4 is 15.5 Å². The molecule has 5 rings (SSSR count). The monoisotopic (exact) mass is 586 g/mol. The Labute approximate surface area is 242 Å². The van der Waals surface area contributed by atoms with Gasteiger partial charge >= 0.3 is 12.3 Å². The van der Waals surface area contributed by atoms with Crippen molar-refractivity contribution in [2.45, 2.75) is 96.5 Å². The first kappa shape index (κ1) is 29.7. The summed E-state index contributed by atoms with van der Waals surface area (Å²) in [7, 11) is 0. The van der Waals surface area contributed by atoms with Crippen molar-refractivity contribution in [1.82, 2.24) is 19.9 Å². The molecule has 0 spiro atoms. The molecule has 2 aliphatic carbocycles. The zero-order valence-electron chi connectivity index (χ0n) is 24.3. The van der Waals surface area contributed by atoms with E-state index in [0.29, 0.717) is 17.1 Å². The quantitative estimate of drug-likeness (QED) is 0.307. The van der Waals surface area contributed by atoms with E-state index in [4.69, 9.17) is 9.84 Å². The number of carbonyl (C=O) groups excluding carboxylic acids is 2. The molecule has 2 heterocycles. The van der Waals surface area contributed by atoms with Crippen LogP contribution in [0.3, 0.4) is 0 Å². The highest BCUT2D eigenvalue weighted by atomic mass is 19.4. The van der Waals surface area contributed by atoms with Crippen molar-refractivity contribution in [2.75, 3.05) is 16.8 Å². The van der Waals surface area contributed by atoms with Crippen LogP contribution in [0.4, 0.5) is 29.5 Å². The van der Waals surface area contributed by atoms with Crippen LogP contribution in [0.2, 0.25) is 0 Å². The number of alkyl halides is 3. The van der Waals surface area contributed by atoms with E-state index in [-0.39, 0.29) is 29.3 Å². The van der Waals surface area contributed by atoms with Gasteiger partial charge in [0.2, 0.25) is 0 Å². The number of hydrogen-bond donors (Lipinski definition) is 2. The van der Waals surface area contributed by atoms with Gasteiger partial charge in [-0.1, -0.05) is 18.9 Å². The Morgan fingerprint density at radius 1 is 1.07 bits per heavy atom. The molecule has 2 saturated carbocycles. The Hall–Kier alpha value is -3.83. The van der Waals surface area contributed by atoms with Crippen molar-refractivity contribution in [3.8, 4) is 11.3 Å². The van der Waals surface area contributed by atoms with Gasteiger partial charge in [-0.3, -0.25) is 9.69 Å². The first-order valence-electron chi connectivity index (χ1n) is 14.4. The van der Waals surface area contributed by atoms with Gasteiger partial charge in [0.1, 0.15) is 11.4 Å². The van der Waals surface area contributed by atoms with Gasteiger partial charge in [0, 0.05) is 35.8 Å². The second-order valence-corrected chi connectivity index (χ2v) is 12.2. The van der Waals surface area contributed by atoms with E-state index in [0.717, 1.165) is 54.6 Å². The number of nitrogens with zero attached hydrogens (tertiary/aromatic N) is 4. The van der Waals surface area contributed by atoms with E-state index in [1.165, 1.54) is 4.52 Å². The van der Waals surface area contributed by atoms with Crippen LogP contribution in [-0.4, -0.2) is 57.0 Å². The number of halogens is 3. The maximum absolute atomic E-state index is 13.4. The number of aryl methyl sites for hydroxylation is 1. The average Bonchev–Trinajstić information content (AvgIpc) is 3.36. The molecule has 9 nitrogen and oxygen atoms in total. The summed E-state index contributed by atoms with van der Waals surface area (Å²) in [5.74, 6) is 0.294. The van der Waals surface area contributed by atoms with Gasteiger partial charge in [-0.05, 0) is 71.1 Å². The van der Waals surface area contributed by atoms with E-state index in [1.54, 1.807) is 45.2 Å². The lowest BCUT2D eigenvalue weighted by molar-refractivity contribution is -0.132. The van der Waals surface area contributed by atoms with Gasteiger partial charge < -0.3 is 15.4 Å². The van der Waals surface area contributed by atoms with Gasteiger partial charge in [0.05, 0.1) is 24.0 Å². The molecule has 3 aromatic rings. The molecule has 2 amide bonds. The standard InChI is InChI=1S/C30H37F3N6O3/c1-18-15-19(9-12-22(18)27(40)36-21-10-11-21)24-17-34-26-23(16-25(37-39(24)26)35-20-7-5-6-8-20)38(14-13-30(31,32)33)28(41)42-29(2,3)4/h9,12,15-17,20-21H,5-8,10-11,13-14H2,1-4H3,(H,35,37)(H,36,40). The smallest absolute Gasteiger partial charge is 0.414 e. The van der Waals surface area contributed by atoms with Gasteiger partial charge in [-0.15, -0.1) is 5.10 Å². The van der Waals surface area contributed by atoms with Crippen LogP contribution in [0.5, 0.6) is 0 Å². The summed E-state index contributed by atoms with van der Waals surface area (Å²) in [6.07, 6.45) is 0.955. The Morgan fingerprint density at radius 2 is 1.79 bits per heavy atom. The minimum atomic E-state index is -4.49. The summed E-state index contributed by atoms with van der Waals surface area (Å²) in [5.41, 5.74) is 2.07. The van der Waals surface area contributed by atoms with Crippen LogP contribution >= 0.6 is 0 Å². The second kappa shape index (κ2) is 11.4. The summed E-state index contributed by atoms with van der Waals surface area (Å²) >= 11 is 0. The predicted octanol–water partition coefficient (Wildman–Crippen LogP) is 6.65. The SMILES string of the molecule is Cc1cc(-c2cnc3c(N(CCC(F)(F)F)C(=O)OC(C)(C)C)cc(NC4CCCC4)nn23)ccc1C(=O)NC1CC1. The van der Waals surface area contributed by atoms with Crippen molar-refractivity contribution in [2.24, 2.45) is 0 Å². The molecule has 0 aliphatic heterocycles. The molecule has 42 heavy (non-hydrogen) atoms. The topological polar surface area (TPSA) is 101 Å². The number of ether oxygens (including phenoxy) is 1. The number of anilines is 2. The molecular formula is C30H37F3N6O3. The lowest BCUT2D eigenvalue weighted by atomic mass is 10.0. The third-order valence-electron chi connectivity index (χ3n) is 7.36. The number of imidazole rings is 1. The lowest BCUT2D eigenvalue weighted by Gasteiger charge is -2.28. The molecule has 2 N–H and O–H groups in total. The normalized spacial score (nSPS) is 16.1. The van der Waals surface area contributed by atoms with Crippen LogP contribution in [0.25, 0.3) is 16.9 Å². The summed E-state index contributed by atoms with van der Waals surface area (Å²) in [4.78, 5) is 31.5. The van der Waals surface area contributed by atoms with E-state index in [2.05, 4.69) is 15.6 Å². The summed E-state index contributed by atoms with van der Waals surface area (Å²) in [6, 6.07) is 7.37. The zero-order valence-corrected chi connectivity index (χ0v) is 24.3. The highest BCUT2D eigenvalue weighted by molar-refractivity contribution is 5.97. The lowest BCUT2D eigenvalue weighted by Crippen LogP contribution is -2.39. The Morgan fingerprint density at radius 3 is 2.40 bits per heavy atom. The number of aromatic nitrogens is 3. The van der Waals surface area contributed by atoms with Gasteiger partial charge in [0.15, 0.2) is 5.65 Å². The molecule has 0 atom stereocenters. The number of fused-ring (bicyclic) bond motifs is 1. The van der Waals surface area contributed by atoms with Crippen molar-refractivity contribution >= 4 is 29.2 Å². The zero-order chi connectivity index (χ0) is 30.2. The summed E-state index contributed by atoms with van der Waals surface area (Å²) < 4.78 is 47.2. The van der Waals surface area contributed by atoms with Crippen molar-refractivity contribution in [1.29, 1.82) is 0 Å². The largest absolute Gasteiger partial charge is 0.443 e. The fourth-order valence-corrected chi connectivity index (χ4v) is 5.13.